The molecule has 2 aromatic heterocycles. The average molecular weight is 367 g/mol. The summed E-state index contributed by atoms with van der Waals surface area (Å²) < 4.78 is 50.2. The highest BCUT2D eigenvalue weighted by Crippen LogP contribution is 2.31. The number of aromatic nitrogens is 4. The molecule has 0 N–H and O–H groups in total. The van der Waals surface area contributed by atoms with E-state index in [9.17, 15) is 18.0 Å². The average Bonchev–Trinajstić information content (AvgIpc) is 3.23. The van der Waals surface area contributed by atoms with Crippen LogP contribution in [0.15, 0.2) is 22.6 Å². The molecule has 3 heterocycles. The van der Waals surface area contributed by atoms with Gasteiger partial charge in [0.25, 0.3) is 6.01 Å². The van der Waals surface area contributed by atoms with E-state index < -0.39 is 18.0 Å². The maximum absolute atomic E-state index is 12.9. The van der Waals surface area contributed by atoms with Crippen LogP contribution < -0.4 is 4.90 Å². The number of halogens is 3. The van der Waals surface area contributed by atoms with E-state index in [1.54, 1.807) is 23.1 Å². The summed E-state index contributed by atoms with van der Waals surface area (Å²) in [6, 6.07) is 5.03. The van der Waals surface area contributed by atoms with Gasteiger partial charge in [-0.1, -0.05) is 6.07 Å². The van der Waals surface area contributed by atoms with Crippen LogP contribution in [0.25, 0.3) is 11.1 Å². The minimum absolute atomic E-state index is 0.0414. The molecule has 0 radical (unpaired) electrons. The van der Waals surface area contributed by atoms with Crippen molar-refractivity contribution in [3.8, 4) is 0 Å². The molecule has 11 heteroatoms. The van der Waals surface area contributed by atoms with Gasteiger partial charge in [-0.05, 0) is 12.1 Å². The van der Waals surface area contributed by atoms with Crippen molar-refractivity contribution in [2.75, 3.05) is 18.6 Å². The minimum atomic E-state index is -4.56. The molecule has 0 unspecified atom stereocenters. The fourth-order valence-electron chi connectivity index (χ4n) is 2.88. The van der Waals surface area contributed by atoms with Crippen LogP contribution in [-0.4, -0.2) is 39.4 Å². The van der Waals surface area contributed by atoms with E-state index in [1.165, 1.54) is 7.11 Å². The molecular weight excluding hydrogens is 355 g/mol. The first kappa shape index (κ1) is 16.4. The Kier molecular flexibility index (Phi) is 3.60. The zero-order valence-corrected chi connectivity index (χ0v) is 13.4. The van der Waals surface area contributed by atoms with Gasteiger partial charge in [0.1, 0.15) is 5.52 Å². The highest BCUT2D eigenvalue weighted by Gasteiger charge is 2.39. The van der Waals surface area contributed by atoms with E-state index in [0.717, 1.165) is 4.57 Å². The molecule has 3 aromatic rings. The van der Waals surface area contributed by atoms with Crippen molar-refractivity contribution in [1.82, 2.24) is 19.7 Å². The normalized spacial score (nSPS) is 14.5. The van der Waals surface area contributed by atoms with E-state index >= 15 is 0 Å². The lowest BCUT2D eigenvalue weighted by Crippen LogP contribution is -2.35. The van der Waals surface area contributed by atoms with Gasteiger partial charge >= 0.3 is 12.1 Å². The second-order valence-electron chi connectivity index (χ2n) is 5.65. The van der Waals surface area contributed by atoms with Crippen molar-refractivity contribution in [3.63, 3.8) is 0 Å². The second-order valence-corrected chi connectivity index (χ2v) is 5.65. The highest BCUT2D eigenvalue weighted by molar-refractivity contribution is 6.01. The highest BCUT2D eigenvalue weighted by atomic mass is 19.4. The molecular formula is C15H12F3N5O3. The quantitative estimate of drug-likeness (QED) is 0.642. The number of carbonyl (C=O) groups excluding carboxylic acids is 1. The van der Waals surface area contributed by atoms with Crippen molar-refractivity contribution >= 4 is 23.1 Å². The Morgan fingerprint density at radius 1 is 1.27 bits per heavy atom. The van der Waals surface area contributed by atoms with Gasteiger partial charge in [0.15, 0.2) is 11.4 Å². The molecule has 8 nitrogen and oxygen atoms in total. The van der Waals surface area contributed by atoms with E-state index in [2.05, 4.69) is 15.2 Å². The number of fused-ring (bicyclic) bond motifs is 2. The van der Waals surface area contributed by atoms with Crippen molar-refractivity contribution in [2.24, 2.45) is 0 Å². The Bertz CT molecular complexity index is 994. The van der Waals surface area contributed by atoms with Gasteiger partial charge in [-0.2, -0.15) is 18.2 Å². The monoisotopic (exact) mass is 367 g/mol. The first-order valence-electron chi connectivity index (χ1n) is 7.60. The van der Waals surface area contributed by atoms with Crippen LogP contribution in [-0.2, 0) is 24.0 Å². The molecule has 4 rings (SSSR count). The predicted molar refractivity (Wildman–Crippen MR) is 81.4 cm³/mol. The van der Waals surface area contributed by atoms with Gasteiger partial charge in [-0.3, -0.25) is 0 Å². The molecule has 0 aliphatic carbocycles. The van der Waals surface area contributed by atoms with Crippen molar-refractivity contribution in [2.45, 2.75) is 19.3 Å². The lowest BCUT2D eigenvalue weighted by Gasteiger charge is -2.26. The molecule has 0 spiro atoms. The molecule has 0 saturated carbocycles. The number of methoxy groups -OCH3 is 1. The molecule has 136 valence electrons. The Labute approximate surface area is 144 Å². The Balaban J connectivity index is 1.67. The zero-order chi connectivity index (χ0) is 18.5. The summed E-state index contributed by atoms with van der Waals surface area (Å²) >= 11 is 0. The third-order valence-electron chi connectivity index (χ3n) is 4.09. The Morgan fingerprint density at radius 3 is 2.81 bits per heavy atom. The lowest BCUT2D eigenvalue weighted by molar-refractivity contribution is -0.147. The maximum Gasteiger partial charge on any atom is 0.451 e. The van der Waals surface area contributed by atoms with Gasteiger partial charge in [0.2, 0.25) is 5.82 Å². The van der Waals surface area contributed by atoms with E-state index in [4.69, 9.17) is 9.15 Å². The van der Waals surface area contributed by atoms with Gasteiger partial charge in [-0.25, -0.2) is 4.79 Å². The predicted octanol–water partition coefficient (Wildman–Crippen LogP) is 2.24. The standard InChI is InChI=1S/C15H12F3N5O3/c1-25-12(24)8-3-2-4-9-11(8)19-14(26-9)22-5-6-23-10(7-22)20-21-13(23)15(16,17)18/h2-4H,5-7H2,1H3. The van der Waals surface area contributed by atoms with Crippen LogP contribution in [0.1, 0.15) is 22.0 Å². The minimum Gasteiger partial charge on any atom is -0.465 e. The number of esters is 1. The second kappa shape index (κ2) is 5.71. The number of hydrogen-bond acceptors (Lipinski definition) is 7. The summed E-state index contributed by atoms with van der Waals surface area (Å²) in [6.07, 6.45) is -4.56. The number of carbonyl (C=O) groups is 1. The smallest absolute Gasteiger partial charge is 0.451 e. The van der Waals surface area contributed by atoms with Crippen LogP contribution in [0.3, 0.4) is 0 Å². The summed E-state index contributed by atoms with van der Waals surface area (Å²) in [5.41, 5.74) is 0.961. The number of benzene rings is 1. The first-order valence-corrected chi connectivity index (χ1v) is 7.60. The van der Waals surface area contributed by atoms with Crippen LogP contribution >= 0.6 is 0 Å². The largest absolute Gasteiger partial charge is 0.465 e. The molecule has 1 aromatic carbocycles. The van der Waals surface area contributed by atoms with Gasteiger partial charge in [0.05, 0.1) is 19.2 Å². The number of rotatable bonds is 2. The van der Waals surface area contributed by atoms with Crippen LogP contribution in [0.2, 0.25) is 0 Å². The maximum atomic E-state index is 12.9. The Morgan fingerprint density at radius 2 is 2.08 bits per heavy atom. The van der Waals surface area contributed by atoms with Crippen molar-refractivity contribution in [3.05, 3.63) is 35.4 Å². The van der Waals surface area contributed by atoms with Crippen molar-refractivity contribution in [1.29, 1.82) is 0 Å². The molecule has 0 fully saturated rings. The number of ether oxygens (including phenoxy) is 1. The number of para-hydroxylation sites is 1. The molecule has 0 bridgehead atoms. The molecule has 1 aliphatic rings. The number of hydrogen-bond donors (Lipinski definition) is 0. The number of anilines is 1. The summed E-state index contributed by atoms with van der Waals surface area (Å²) in [4.78, 5) is 17.8. The van der Waals surface area contributed by atoms with E-state index in [1.807, 2.05) is 0 Å². The Hall–Kier alpha value is -3.11. The van der Waals surface area contributed by atoms with Gasteiger partial charge < -0.3 is 18.6 Å². The lowest BCUT2D eigenvalue weighted by atomic mass is 10.2. The third-order valence-corrected chi connectivity index (χ3v) is 4.09. The summed E-state index contributed by atoms with van der Waals surface area (Å²) in [7, 11) is 1.26. The summed E-state index contributed by atoms with van der Waals surface area (Å²) in [5, 5.41) is 6.86. The molecule has 0 amide bonds. The number of alkyl halides is 3. The van der Waals surface area contributed by atoms with E-state index in [0.29, 0.717) is 11.1 Å². The fraction of sp³-hybridized carbons (Fsp3) is 0.333. The third kappa shape index (κ3) is 2.55. The molecule has 0 atom stereocenters. The van der Waals surface area contributed by atoms with Crippen LogP contribution in [0, 0.1) is 0 Å². The molecule has 0 saturated heterocycles. The number of nitrogens with zero attached hydrogens (tertiary/aromatic N) is 5. The SMILES string of the molecule is COC(=O)c1cccc2oc(N3CCn4c(nnc4C(F)(F)F)C3)nc12. The topological polar surface area (TPSA) is 86.3 Å². The molecule has 1 aliphatic heterocycles. The zero-order valence-electron chi connectivity index (χ0n) is 13.4. The fourth-order valence-corrected chi connectivity index (χ4v) is 2.88. The van der Waals surface area contributed by atoms with Gasteiger partial charge in [-0.15, -0.1) is 10.2 Å². The summed E-state index contributed by atoms with van der Waals surface area (Å²) in [5.74, 6) is -1.40. The van der Waals surface area contributed by atoms with Crippen LogP contribution in [0.5, 0.6) is 0 Å². The summed E-state index contributed by atoms with van der Waals surface area (Å²) in [6.45, 7) is 0.331. The van der Waals surface area contributed by atoms with Crippen LogP contribution in [0.4, 0.5) is 19.2 Å². The van der Waals surface area contributed by atoms with E-state index in [-0.39, 0.29) is 37.0 Å². The number of oxazole rings is 1. The van der Waals surface area contributed by atoms with Crippen molar-refractivity contribution < 1.29 is 27.1 Å². The van der Waals surface area contributed by atoms with Gasteiger partial charge in [0, 0.05) is 13.1 Å². The first-order chi connectivity index (χ1) is 12.4. The molecule has 26 heavy (non-hydrogen) atoms.